The molecular formula is C17H31N5O2. The van der Waals surface area contributed by atoms with Crippen LogP contribution in [0.5, 0.6) is 0 Å². The highest BCUT2D eigenvalue weighted by atomic mass is 16.2. The topological polar surface area (TPSA) is 77.0 Å². The van der Waals surface area contributed by atoms with E-state index in [4.69, 9.17) is 0 Å². The number of hydrogen-bond donors (Lipinski definition) is 2. The van der Waals surface area contributed by atoms with Crippen LogP contribution >= 0.6 is 0 Å². The molecule has 2 amide bonds. The molecule has 1 aliphatic heterocycles. The summed E-state index contributed by atoms with van der Waals surface area (Å²) in [6, 6.07) is 0.322. The van der Waals surface area contributed by atoms with Gasteiger partial charge in [-0.25, -0.2) is 4.99 Å². The molecule has 0 radical (unpaired) electrons. The Morgan fingerprint density at radius 2 is 1.67 bits per heavy atom. The van der Waals surface area contributed by atoms with Crippen LogP contribution in [0, 0.1) is 0 Å². The van der Waals surface area contributed by atoms with Crippen molar-refractivity contribution in [2.45, 2.75) is 52.0 Å². The summed E-state index contributed by atoms with van der Waals surface area (Å²) in [6.45, 7) is 7.43. The van der Waals surface area contributed by atoms with Crippen LogP contribution in [0.3, 0.4) is 0 Å². The highest BCUT2D eigenvalue weighted by molar-refractivity contribution is 5.85. The van der Waals surface area contributed by atoms with E-state index in [1.165, 1.54) is 19.3 Å². The molecule has 0 aromatic carbocycles. The van der Waals surface area contributed by atoms with E-state index in [1.54, 1.807) is 6.92 Å². The fraction of sp³-hybridized carbons (Fsp3) is 0.824. The molecular weight excluding hydrogens is 306 g/mol. The molecule has 2 N–H and O–H groups in total. The van der Waals surface area contributed by atoms with Gasteiger partial charge in [-0.15, -0.1) is 0 Å². The lowest BCUT2D eigenvalue weighted by atomic mass is 9.95. The minimum atomic E-state index is -0.000301. The quantitative estimate of drug-likeness (QED) is 0.581. The fourth-order valence-electron chi connectivity index (χ4n) is 3.33. The molecule has 0 unspecified atom stereocenters. The number of piperazine rings is 1. The number of nitrogens with one attached hydrogen (secondary N) is 2. The van der Waals surface area contributed by atoms with Crippen LogP contribution in [-0.4, -0.2) is 72.9 Å². The van der Waals surface area contributed by atoms with Gasteiger partial charge in [-0.05, 0) is 19.8 Å². The summed E-state index contributed by atoms with van der Waals surface area (Å²) in [4.78, 5) is 32.0. The normalized spacial score (nSPS) is 20.0. The van der Waals surface area contributed by atoms with Gasteiger partial charge in [0.2, 0.25) is 11.8 Å². The molecule has 0 aromatic rings. The number of carbonyl (C=O) groups excluding carboxylic acids is 2. The van der Waals surface area contributed by atoms with Crippen molar-refractivity contribution in [3.8, 4) is 0 Å². The van der Waals surface area contributed by atoms with Crippen molar-refractivity contribution in [2.75, 3.05) is 39.3 Å². The van der Waals surface area contributed by atoms with E-state index >= 15 is 0 Å². The molecule has 1 aliphatic carbocycles. The van der Waals surface area contributed by atoms with Crippen LogP contribution in [-0.2, 0) is 9.59 Å². The summed E-state index contributed by atoms with van der Waals surface area (Å²) in [5.74, 6) is 0.877. The van der Waals surface area contributed by atoms with Gasteiger partial charge in [-0.2, -0.15) is 0 Å². The van der Waals surface area contributed by atoms with Gasteiger partial charge in [0.1, 0.15) is 6.54 Å². The predicted octanol–water partition coefficient (Wildman–Crippen LogP) is 0.565. The largest absolute Gasteiger partial charge is 0.357 e. The summed E-state index contributed by atoms with van der Waals surface area (Å²) in [5, 5.41) is 6.34. The minimum absolute atomic E-state index is 0.000301. The molecule has 1 saturated carbocycles. The van der Waals surface area contributed by atoms with E-state index in [-0.39, 0.29) is 18.4 Å². The molecule has 136 valence electrons. The maximum Gasteiger partial charge on any atom is 0.242 e. The van der Waals surface area contributed by atoms with Gasteiger partial charge in [0.05, 0.1) is 0 Å². The van der Waals surface area contributed by atoms with Gasteiger partial charge in [-0.1, -0.05) is 19.3 Å². The van der Waals surface area contributed by atoms with Gasteiger partial charge in [0.25, 0.3) is 0 Å². The van der Waals surface area contributed by atoms with E-state index in [1.807, 2.05) is 11.8 Å². The monoisotopic (exact) mass is 337 g/mol. The van der Waals surface area contributed by atoms with E-state index < -0.39 is 0 Å². The van der Waals surface area contributed by atoms with Crippen molar-refractivity contribution < 1.29 is 9.59 Å². The van der Waals surface area contributed by atoms with Gasteiger partial charge in [0.15, 0.2) is 5.96 Å². The Morgan fingerprint density at radius 3 is 2.25 bits per heavy atom. The molecule has 0 bridgehead atoms. The standard InChI is InChI=1S/C17H31N5O2/c1-3-18-17(22-11-9-21(10-12-22)14(2)23)19-13-16(24)20-15-7-5-4-6-8-15/h15H,3-13H2,1-2H3,(H,18,19)(H,20,24). The Kier molecular flexibility index (Phi) is 7.34. The summed E-state index contributed by atoms with van der Waals surface area (Å²) in [6.07, 6.45) is 5.86. The molecule has 2 rings (SSSR count). The summed E-state index contributed by atoms with van der Waals surface area (Å²) >= 11 is 0. The summed E-state index contributed by atoms with van der Waals surface area (Å²) < 4.78 is 0. The zero-order chi connectivity index (χ0) is 17.4. The smallest absolute Gasteiger partial charge is 0.242 e. The molecule has 1 saturated heterocycles. The van der Waals surface area contributed by atoms with Crippen molar-refractivity contribution >= 4 is 17.8 Å². The number of nitrogens with zero attached hydrogens (tertiary/aromatic N) is 3. The van der Waals surface area contributed by atoms with Crippen LogP contribution < -0.4 is 10.6 Å². The second-order valence-corrected chi connectivity index (χ2v) is 6.57. The molecule has 24 heavy (non-hydrogen) atoms. The summed E-state index contributed by atoms with van der Waals surface area (Å²) in [7, 11) is 0. The zero-order valence-electron chi connectivity index (χ0n) is 15.0. The van der Waals surface area contributed by atoms with Crippen LogP contribution in [0.2, 0.25) is 0 Å². The van der Waals surface area contributed by atoms with Crippen LogP contribution in [0.4, 0.5) is 0 Å². The number of aliphatic imine (C=N–C) groups is 1. The highest BCUT2D eigenvalue weighted by Crippen LogP contribution is 2.17. The number of hydrogen-bond acceptors (Lipinski definition) is 3. The number of rotatable bonds is 4. The first-order valence-corrected chi connectivity index (χ1v) is 9.18. The first-order chi connectivity index (χ1) is 11.6. The van der Waals surface area contributed by atoms with E-state index in [0.717, 1.165) is 38.4 Å². The Balaban J connectivity index is 1.83. The second-order valence-electron chi connectivity index (χ2n) is 6.57. The fourth-order valence-corrected chi connectivity index (χ4v) is 3.33. The van der Waals surface area contributed by atoms with E-state index in [9.17, 15) is 9.59 Å². The predicted molar refractivity (Wildman–Crippen MR) is 94.8 cm³/mol. The van der Waals surface area contributed by atoms with E-state index in [0.29, 0.717) is 19.1 Å². The van der Waals surface area contributed by atoms with Crippen LogP contribution in [0.1, 0.15) is 46.0 Å². The Morgan fingerprint density at radius 1 is 1.04 bits per heavy atom. The average Bonchev–Trinajstić information content (AvgIpc) is 2.59. The first-order valence-electron chi connectivity index (χ1n) is 9.18. The van der Waals surface area contributed by atoms with Crippen molar-refractivity contribution in [1.29, 1.82) is 0 Å². The molecule has 0 aromatic heterocycles. The molecule has 7 nitrogen and oxygen atoms in total. The van der Waals surface area contributed by atoms with Gasteiger partial charge in [-0.3, -0.25) is 9.59 Å². The van der Waals surface area contributed by atoms with Gasteiger partial charge < -0.3 is 20.4 Å². The third kappa shape index (κ3) is 5.69. The Labute approximate surface area is 144 Å². The van der Waals surface area contributed by atoms with Crippen molar-refractivity contribution in [3.63, 3.8) is 0 Å². The molecule has 2 fully saturated rings. The minimum Gasteiger partial charge on any atom is -0.357 e. The van der Waals surface area contributed by atoms with Crippen LogP contribution in [0.15, 0.2) is 4.99 Å². The highest BCUT2D eigenvalue weighted by Gasteiger charge is 2.21. The SMILES string of the molecule is CCNC(=NCC(=O)NC1CCCCC1)N1CCN(C(C)=O)CC1. The third-order valence-electron chi connectivity index (χ3n) is 4.70. The lowest BCUT2D eigenvalue weighted by molar-refractivity contribution is -0.130. The third-order valence-corrected chi connectivity index (χ3v) is 4.70. The molecule has 2 aliphatic rings. The molecule has 0 spiro atoms. The van der Waals surface area contributed by atoms with Crippen molar-refractivity contribution in [1.82, 2.24) is 20.4 Å². The average molecular weight is 337 g/mol. The lowest BCUT2D eigenvalue weighted by Gasteiger charge is -2.36. The Bertz CT molecular complexity index is 452. The maximum atomic E-state index is 12.1. The van der Waals surface area contributed by atoms with Gasteiger partial charge in [0, 0.05) is 45.7 Å². The Hall–Kier alpha value is -1.79. The van der Waals surface area contributed by atoms with E-state index in [2.05, 4.69) is 20.5 Å². The van der Waals surface area contributed by atoms with Gasteiger partial charge >= 0.3 is 0 Å². The lowest BCUT2D eigenvalue weighted by Crippen LogP contribution is -2.53. The zero-order valence-corrected chi connectivity index (χ0v) is 15.0. The first kappa shape index (κ1) is 18.5. The second kappa shape index (κ2) is 9.49. The van der Waals surface area contributed by atoms with Crippen molar-refractivity contribution in [2.24, 2.45) is 4.99 Å². The number of amides is 2. The maximum absolute atomic E-state index is 12.1. The molecule has 7 heteroatoms. The molecule has 1 heterocycles. The number of guanidine groups is 1. The van der Waals surface area contributed by atoms with Crippen LogP contribution in [0.25, 0.3) is 0 Å². The van der Waals surface area contributed by atoms with Crippen molar-refractivity contribution in [3.05, 3.63) is 0 Å². The summed E-state index contributed by atoms with van der Waals surface area (Å²) in [5.41, 5.74) is 0. The molecule has 0 atom stereocenters. The number of carbonyl (C=O) groups is 2.